The number of hydrogen-bond donors (Lipinski definition) is 2. The van der Waals surface area contributed by atoms with E-state index in [0.29, 0.717) is 17.9 Å². The van der Waals surface area contributed by atoms with Crippen LogP contribution in [0.5, 0.6) is 0 Å². The maximum Gasteiger partial charge on any atom is 0.169 e. The van der Waals surface area contributed by atoms with E-state index in [-0.39, 0.29) is 17.4 Å². The van der Waals surface area contributed by atoms with Gasteiger partial charge in [0, 0.05) is 29.9 Å². The van der Waals surface area contributed by atoms with Gasteiger partial charge in [-0.3, -0.25) is 0 Å². The van der Waals surface area contributed by atoms with E-state index in [4.69, 9.17) is 0 Å². The van der Waals surface area contributed by atoms with Crippen LogP contribution in [-0.2, 0) is 6.54 Å². The molecule has 1 heterocycles. The smallest absolute Gasteiger partial charge is 0.169 e. The molecule has 2 N–H and O–H groups in total. The van der Waals surface area contributed by atoms with Crippen LogP contribution >= 0.6 is 11.8 Å². The van der Waals surface area contributed by atoms with Crippen molar-refractivity contribution in [1.82, 2.24) is 10.3 Å². The normalized spacial score (nSPS) is 13.3. The van der Waals surface area contributed by atoms with Gasteiger partial charge in [-0.15, -0.1) is 0 Å². The van der Waals surface area contributed by atoms with Gasteiger partial charge in [0.2, 0.25) is 0 Å². The minimum absolute atomic E-state index is 0.0328. The van der Waals surface area contributed by atoms with Gasteiger partial charge in [-0.2, -0.15) is 11.8 Å². The average molecular weight is 299 g/mol. The van der Waals surface area contributed by atoms with Gasteiger partial charge in [-0.25, -0.2) is 9.37 Å². The average Bonchev–Trinajstić information content (AvgIpc) is 2.36. The van der Waals surface area contributed by atoms with Crippen molar-refractivity contribution in [2.24, 2.45) is 0 Å². The quantitative estimate of drug-likeness (QED) is 0.805. The first-order chi connectivity index (χ1) is 9.33. The summed E-state index contributed by atoms with van der Waals surface area (Å²) in [5.74, 6) is 1.16. The molecule has 0 aliphatic carbocycles. The second kappa shape index (κ2) is 7.84. The third-order valence-electron chi connectivity index (χ3n) is 2.92. The van der Waals surface area contributed by atoms with Crippen molar-refractivity contribution in [3.05, 3.63) is 23.6 Å². The first-order valence-corrected chi connectivity index (χ1v) is 8.36. The van der Waals surface area contributed by atoms with E-state index in [9.17, 15) is 4.39 Å². The largest absolute Gasteiger partial charge is 0.365 e. The molecule has 1 aromatic rings. The number of nitrogens with zero attached hydrogens (tertiary/aromatic N) is 1. The number of thioether (sulfide) groups is 1. The highest BCUT2D eigenvalue weighted by Crippen LogP contribution is 2.17. The molecule has 1 unspecified atom stereocenters. The lowest BCUT2D eigenvalue weighted by Crippen LogP contribution is -2.35. The number of aromatic nitrogens is 1. The molecule has 0 saturated carbocycles. The van der Waals surface area contributed by atoms with Crippen LogP contribution in [0.2, 0.25) is 0 Å². The highest BCUT2D eigenvalue weighted by atomic mass is 32.2. The Morgan fingerprint density at radius 3 is 2.70 bits per heavy atom. The zero-order chi connectivity index (χ0) is 15.2. The molecule has 0 spiro atoms. The van der Waals surface area contributed by atoms with E-state index in [0.717, 1.165) is 12.2 Å². The molecule has 0 saturated heterocycles. The molecule has 0 aromatic carbocycles. The fourth-order valence-corrected chi connectivity index (χ4v) is 2.27. The van der Waals surface area contributed by atoms with E-state index in [1.54, 1.807) is 24.0 Å². The Morgan fingerprint density at radius 2 is 2.10 bits per heavy atom. The fourth-order valence-electron chi connectivity index (χ4n) is 1.68. The molecule has 5 heteroatoms. The van der Waals surface area contributed by atoms with Crippen LogP contribution in [0.1, 0.15) is 39.7 Å². The molecular formula is C15H26FN3S. The molecule has 0 radical (unpaired) electrons. The first-order valence-electron chi connectivity index (χ1n) is 6.97. The minimum Gasteiger partial charge on any atom is -0.365 e. The summed E-state index contributed by atoms with van der Waals surface area (Å²) in [5.41, 5.74) is 0.615. The van der Waals surface area contributed by atoms with Crippen LogP contribution in [0.25, 0.3) is 0 Å². The van der Waals surface area contributed by atoms with E-state index in [1.165, 1.54) is 0 Å². The summed E-state index contributed by atoms with van der Waals surface area (Å²) in [6.07, 6.45) is 4.73. The lowest BCUT2D eigenvalue weighted by molar-refractivity contribution is 0.418. The molecule has 1 rings (SSSR count). The molecule has 0 amide bonds. The second-order valence-electron chi connectivity index (χ2n) is 6.06. The molecular weight excluding hydrogens is 273 g/mol. The Kier molecular flexibility index (Phi) is 6.76. The maximum atomic E-state index is 14.4. The van der Waals surface area contributed by atoms with Gasteiger partial charge >= 0.3 is 0 Å². The van der Waals surface area contributed by atoms with Crippen molar-refractivity contribution in [3.8, 4) is 0 Å². The van der Waals surface area contributed by atoms with Crippen LogP contribution < -0.4 is 10.6 Å². The number of rotatable bonds is 7. The Morgan fingerprint density at radius 1 is 1.40 bits per heavy atom. The summed E-state index contributed by atoms with van der Waals surface area (Å²) in [6, 6.07) is 1.95. The summed E-state index contributed by atoms with van der Waals surface area (Å²) >= 11 is 1.79. The van der Waals surface area contributed by atoms with Crippen molar-refractivity contribution in [3.63, 3.8) is 0 Å². The predicted octanol–water partition coefficient (Wildman–Crippen LogP) is 3.66. The van der Waals surface area contributed by atoms with Crippen molar-refractivity contribution in [2.75, 3.05) is 17.3 Å². The van der Waals surface area contributed by atoms with Gasteiger partial charge in [0.1, 0.15) is 0 Å². The Labute approximate surface area is 126 Å². The Balaban J connectivity index is 2.69. The third kappa shape index (κ3) is 6.09. The van der Waals surface area contributed by atoms with Gasteiger partial charge in [0.05, 0.1) is 0 Å². The number of hydrogen-bond acceptors (Lipinski definition) is 4. The molecule has 1 aromatic heterocycles. The molecule has 114 valence electrons. The summed E-state index contributed by atoms with van der Waals surface area (Å²) in [7, 11) is 0. The van der Waals surface area contributed by atoms with Crippen molar-refractivity contribution >= 4 is 17.6 Å². The molecule has 20 heavy (non-hydrogen) atoms. The molecule has 0 aliphatic heterocycles. The summed E-state index contributed by atoms with van der Waals surface area (Å²) in [6.45, 7) is 8.75. The van der Waals surface area contributed by atoms with Crippen LogP contribution in [0.4, 0.5) is 10.2 Å². The van der Waals surface area contributed by atoms with Gasteiger partial charge in [-0.1, -0.05) is 0 Å². The predicted molar refractivity (Wildman–Crippen MR) is 86.9 cm³/mol. The zero-order valence-electron chi connectivity index (χ0n) is 13.1. The Hall–Kier alpha value is -0.810. The van der Waals surface area contributed by atoms with E-state index in [1.807, 2.05) is 0 Å². The lowest BCUT2D eigenvalue weighted by atomic mass is 10.1. The van der Waals surface area contributed by atoms with E-state index in [2.05, 4.69) is 49.6 Å². The highest BCUT2D eigenvalue weighted by molar-refractivity contribution is 7.98. The van der Waals surface area contributed by atoms with Gasteiger partial charge in [0.15, 0.2) is 11.6 Å². The van der Waals surface area contributed by atoms with Gasteiger partial charge < -0.3 is 10.6 Å². The number of anilines is 1. The fraction of sp³-hybridized carbons (Fsp3) is 0.667. The zero-order valence-corrected chi connectivity index (χ0v) is 13.9. The summed E-state index contributed by atoms with van der Waals surface area (Å²) in [5, 5.41) is 6.45. The van der Waals surface area contributed by atoms with Gasteiger partial charge in [0.25, 0.3) is 0 Å². The number of pyridine rings is 1. The maximum absolute atomic E-state index is 14.4. The van der Waals surface area contributed by atoms with Crippen LogP contribution in [0, 0.1) is 5.82 Å². The van der Waals surface area contributed by atoms with Crippen LogP contribution in [0.15, 0.2) is 12.3 Å². The second-order valence-corrected chi connectivity index (χ2v) is 7.05. The SMILES string of the molecule is CSCCC(C)Nc1nccc(CNC(C)(C)C)c1F. The number of nitrogens with one attached hydrogen (secondary N) is 2. The lowest BCUT2D eigenvalue weighted by Gasteiger charge is -2.21. The molecule has 0 bridgehead atoms. The van der Waals surface area contributed by atoms with Crippen LogP contribution in [0.3, 0.4) is 0 Å². The van der Waals surface area contributed by atoms with Crippen molar-refractivity contribution in [1.29, 1.82) is 0 Å². The topological polar surface area (TPSA) is 37.0 Å². The minimum atomic E-state index is -0.250. The monoisotopic (exact) mass is 299 g/mol. The summed E-state index contributed by atoms with van der Waals surface area (Å²) < 4.78 is 14.4. The molecule has 0 aliphatic rings. The molecule has 1 atom stereocenters. The van der Waals surface area contributed by atoms with Crippen LogP contribution in [-0.4, -0.2) is 28.6 Å². The van der Waals surface area contributed by atoms with Crippen molar-refractivity contribution in [2.45, 2.75) is 52.2 Å². The van der Waals surface area contributed by atoms with Crippen molar-refractivity contribution < 1.29 is 4.39 Å². The van der Waals surface area contributed by atoms with E-state index < -0.39 is 0 Å². The highest BCUT2D eigenvalue weighted by Gasteiger charge is 2.14. The van der Waals surface area contributed by atoms with E-state index >= 15 is 0 Å². The molecule has 0 fully saturated rings. The Bertz CT molecular complexity index is 418. The number of halogens is 1. The standard InChI is InChI=1S/C15H26FN3S/c1-11(7-9-20-5)19-14-13(16)12(6-8-17-14)10-18-15(2,3)4/h6,8,11,18H,7,9-10H2,1-5H3,(H,17,19). The first kappa shape index (κ1) is 17.2. The third-order valence-corrected chi connectivity index (χ3v) is 3.56. The molecule has 3 nitrogen and oxygen atoms in total. The van der Waals surface area contributed by atoms with Gasteiger partial charge in [-0.05, 0) is 52.2 Å². The summed E-state index contributed by atoms with van der Waals surface area (Å²) in [4.78, 5) is 4.11.